The lowest BCUT2D eigenvalue weighted by atomic mass is 10.2. The average Bonchev–Trinajstić information content (AvgIpc) is 2.44. The molecule has 0 unspecified atom stereocenters. The first kappa shape index (κ1) is 19.3. The maximum atomic E-state index is 12.7. The van der Waals surface area contributed by atoms with Gasteiger partial charge in [-0.25, -0.2) is 16.8 Å². The highest BCUT2D eigenvalue weighted by Gasteiger charge is 2.30. The number of halogens is 3. The molecule has 2 aromatic carbocycles. The van der Waals surface area contributed by atoms with Crippen molar-refractivity contribution in [3.63, 3.8) is 0 Å². The van der Waals surface area contributed by atoms with Crippen molar-refractivity contribution in [2.75, 3.05) is 12.5 Å². The van der Waals surface area contributed by atoms with E-state index in [0.717, 1.165) is 48.9 Å². The highest BCUT2D eigenvalue weighted by Crippen LogP contribution is 2.35. The van der Waals surface area contributed by atoms with Gasteiger partial charge in [-0.2, -0.15) is 13.2 Å². The van der Waals surface area contributed by atoms with Crippen LogP contribution in [-0.4, -0.2) is 29.3 Å². The minimum atomic E-state index is -4.58. The smallest absolute Gasteiger partial charge is 0.416 e. The van der Waals surface area contributed by atoms with Gasteiger partial charge in [0, 0.05) is 12.5 Å². The maximum Gasteiger partial charge on any atom is 0.416 e. The molecule has 25 heavy (non-hydrogen) atoms. The van der Waals surface area contributed by atoms with Crippen LogP contribution < -0.4 is 4.74 Å². The summed E-state index contributed by atoms with van der Waals surface area (Å²) in [5, 5.41) is 0. The predicted molar refractivity (Wildman–Crippen MR) is 84.2 cm³/mol. The van der Waals surface area contributed by atoms with Crippen LogP contribution in [0.1, 0.15) is 5.56 Å². The van der Waals surface area contributed by atoms with E-state index in [-0.39, 0.29) is 16.4 Å². The molecule has 0 amide bonds. The molecule has 0 fully saturated rings. The Balaban J connectivity index is 2.54. The van der Waals surface area contributed by atoms with E-state index in [1.807, 2.05) is 0 Å². The fraction of sp³-hybridized carbons (Fsp3) is 0.200. The molecule has 0 heterocycles. The lowest BCUT2D eigenvalue weighted by Crippen LogP contribution is -2.06. The summed E-state index contributed by atoms with van der Waals surface area (Å²) in [6, 6.07) is 7.02. The molecule has 2 aromatic rings. The predicted octanol–water partition coefficient (Wildman–Crippen LogP) is 3.30. The number of hydrogen-bond acceptors (Lipinski definition) is 5. The van der Waals surface area contributed by atoms with Crippen molar-refractivity contribution in [2.45, 2.75) is 16.0 Å². The zero-order valence-corrected chi connectivity index (χ0v) is 14.7. The molecular weight excluding hydrogens is 381 g/mol. The Bertz CT molecular complexity index is 1010. The monoisotopic (exact) mass is 394 g/mol. The third kappa shape index (κ3) is 4.73. The van der Waals surface area contributed by atoms with Crippen LogP contribution in [0.2, 0.25) is 0 Å². The van der Waals surface area contributed by atoms with E-state index in [9.17, 15) is 30.0 Å². The zero-order chi connectivity index (χ0) is 19.0. The highest BCUT2D eigenvalue weighted by atomic mass is 32.2. The quantitative estimate of drug-likeness (QED) is 0.795. The average molecular weight is 394 g/mol. The number of ether oxygens (including phenoxy) is 1. The molecule has 0 atom stereocenters. The van der Waals surface area contributed by atoms with E-state index < -0.39 is 36.3 Å². The number of sulfone groups is 2. The summed E-state index contributed by atoms with van der Waals surface area (Å²) in [6.45, 7) is 0. The van der Waals surface area contributed by atoms with Gasteiger partial charge in [0.05, 0.1) is 10.5 Å². The van der Waals surface area contributed by atoms with Gasteiger partial charge >= 0.3 is 6.18 Å². The van der Waals surface area contributed by atoms with Crippen LogP contribution in [0.3, 0.4) is 0 Å². The van der Waals surface area contributed by atoms with Gasteiger partial charge in [0.2, 0.25) is 0 Å². The molecule has 0 aliphatic heterocycles. The summed E-state index contributed by atoms with van der Waals surface area (Å²) in [5.74, 6) is -0.499. The number of rotatable bonds is 4. The van der Waals surface area contributed by atoms with Crippen LogP contribution >= 0.6 is 0 Å². The summed E-state index contributed by atoms with van der Waals surface area (Å²) in [5.41, 5.74) is -0.960. The molecule has 0 N–H and O–H groups in total. The molecule has 0 saturated heterocycles. The molecule has 2 rings (SSSR count). The molecule has 0 aliphatic carbocycles. The summed E-state index contributed by atoms with van der Waals surface area (Å²) in [7, 11) is -7.56. The fourth-order valence-corrected chi connectivity index (χ4v) is 3.49. The first-order chi connectivity index (χ1) is 11.3. The SMILES string of the molecule is CS(=O)(=O)c1ccc(Oc2cccc(C(F)(F)F)c2)c(S(C)(=O)=O)c1. The summed E-state index contributed by atoms with van der Waals surface area (Å²) in [4.78, 5) is -0.683. The van der Waals surface area contributed by atoms with Crippen molar-refractivity contribution in [3.8, 4) is 11.5 Å². The van der Waals surface area contributed by atoms with Crippen molar-refractivity contribution in [2.24, 2.45) is 0 Å². The molecule has 0 spiro atoms. The third-order valence-corrected chi connectivity index (χ3v) is 5.36. The third-order valence-electron chi connectivity index (χ3n) is 3.13. The van der Waals surface area contributed by atoms with E-state index in [1.54, 1.807) is 0 Å². The molecule has 136 valence electrons. The first-order valence-corrected chi connectivity index (χ1v) is 10.5. The van der Waals surface area contributed by atoms with Crippen LogP contribution in [-0.2, 0) is 25.9 Å². The second kappa shape index (κ2) is 6.34. The second-order valence-electron chi connectivity index (χ2n) is 5.28. The number of alkyl halides is 3. The summed E-state index contributed by atoms with van der Waals surface area (Å²) in [6.07, 6.45) is -2.84. The molecule has 10 heteroatoms. The molecule has 0 bridgehead atoms. The lowest BCUT2D eigenvalue weighted by Gasteiger charge is -2.13. The molecule has 0 aliphatic rings. The van der Waals surface area contributed by atoms with Crippen molar-refractivity contribution in [1.82, 2.24) is 0 Å². The molecule has 5 nitrogen and oxygen atoms in total. The summed E-state index contributed by atoms with van der Waals surface area (Å²) >= 11 is 0. The fourth-order valence-electron chi connectivity index (χ4n) is 1.96. The zero-order valence-electron chi connectivity index (χ0n) is 13.0. The van der Waals surface area contributed by atoms with Crippen molar-refractivity contribution < 1.29 is 34.7 Å². The minimum absolute atomic E-state index is 0.230. The van der Waals surface area contributed by atoms with Crippen molar-refractivity contribution in [1.29, 1.82) is 0 Å². The van der Waals surface area contributed by atoms with Gasteiger partial charge in [0.15, 0.2) is 19.7 Å². The number of benzene rings is 2. The van der Waals surface area contributed by atoms with Gasteiger partial charge in [0.1, 0.15) is 16.4 Å². The van der Waals surface area contributed by atoms with Crippen molar-refractivity contribution >= 4 is 19.7 Å². The van der Waals surface area contributed by atoms with Gasteiger partial charge in [-0.05, 0) is 36.4 Å². The van der Waals surface area contributed by atoms with Gasteiger partial charge in [-0.1, -0.05) is 6.07 Å². The topological polar surface area (TPSA) is 77.5 Å². The van der Waals surface area contributed by atoms with Gasteiger partial charge in [0.25, 0.3) is 0 Å². The Morgan fingerprint density at radius 3 is 2.04 bits per heavy atom. The maximum absolute atomic E-state index is 12.7. The van der Waals surface area contributed by atoms with E-state index >= 15 is 0 Å². The Labute approximate surface area is 142 Å². The van der Waals surface area contributed by atoms with E-state index in [2.05, 4.69) is 0 Å². The second-order valence-corrected chi connectivity index (χ2v) is 9.28. The van der Waals surface area contributed by atoms with E-state index in [1.165, 1.54) is 6.07 Å². The molecule has 0 aromatic heterocycles. The highest BCUT2D eigenvalue weighted by molar-refractivity contribution is 7.91. The Hall–Kier alpha value is -2.07. The summed E-state index contributed by atoms with van der Waals surface area (Å²) < 4.78 is 90.4. The van der Waals surface area contributed by atoms with Gasteiger partial charge in [-0.3, -0.25) is 0 Å². The van der Waals surface area contributed by atoms with E-state index in [4.69, 9.17) is 4.74 Å². The van der Waals surface area contributed by atoms with Crippen LogP contribution in [0.15, 0.2) is 52.3 Å². The van der Waals surface area contributed by atoms with E-state index in [0.29, 0.717) is 0 Å². The standard InChI is InChI=1S/C15H13F3O5S2/c1-24(19,20)12-6-7-13(14(9-12)25(2,21)22)23-11-5-3-4-10(8-11)15(16,17)18/h3-9H,1-2H3. The van der Waals surface area contributed by atoms with Gasteiger partial charge < -0.3 is 4.74 Å². The van der Waals surface area contributed by atoms with Crippen molar-refractivity contribution in [3.05, 3.63) is 48.0 Å². The van der Waals surface area contributed by atoms with Gasteiger partial charge in [-0.15, -0.1) is 0 Å². The number of hydrogen-bond donors (Lipinski definition) is 0. The van der Waals surface area contributed by atoms with Crippen LogP contribution in [0.5, 0.6) is 11.5 Å². The molecule has 0 saturated carbocycles. The Morgan fingerprint density at radius 2 is 1.52 bits per heavy atom. The van der Waals surface area contributed by atoms with Crippen LogP contribution in [0.25, 0.3) is 0 Å². The van der Waals surface area contributed by atoms with Crippen LogP contribution in [0.4, 0.5) is 13.2 Å². The molecular formula is C15H13F3O5S2. The largest absolute Gasteiger partial charge is 0.456 e. The Morgan fingerprint density at radius 1 is 0.880 bits per heavy atom. The lowest BCUT2D eigenvalue weighted by molar-refractivity contribution is -0.137. The first-order valence-electron chi connectivity index (χ1n) is 6.68. The molecule has 0 radical (unpaired) electrons. The Kier molecular flexibility index (Phi) is 4.88. The minimum Gasteiger partial charge on any atom is -0.456 e. The normalized spacial score (nSPS) is 12.8. The van der Waals surface area contributed by atoms with Crippen LogP contribution in [0, 0.1) is 0 Å².